The van der Waals surface area contributed by atoms with Crippen molar-refractivity contribution in [3.8, 4) is 11.1 Å². The van der Waals surface area contributed by atoms with E-state index >= 15 is 0 Å². The Morgan fingerprint density at radius 3 is 2.04 bits per heavy atom. The van der Waals surface area contributed by atoms with Crippen LogP contribution in [0.3, 0.4) is 0 Å². The van der Waals surface area contributed by atoms with Gasteiger partial charge in [-0.25, -0.2) is 4.39 Å². The summed E-state index contributed by atoms with van der Waals surface area (Å²) in [7, 11) is 0. The fraction of sp³-hybridized carbons (Fsp3) is 0.208. The largest absolute Gasteiger partial charge is 0.322 e. The fourth-order valence-electron chi connectivity index (χ4n) is 4.51. The minimum atomic E-state index is -0.227. The fourth-order valence-corrected chi connectivity index (χ4v) is 4.51. The SMILES string of the molecule is Fc1ccccc1/C=N\N1CC[NH+](C2c3ccccc3-c3ccccc32)CC1. The molecule has 3 nitrogen and oxygen atoms in total. The van der Waals surface area contributed by atoms with Crippen LogP contribution in [-0.4, -0.2) is 37.4 Å². The van der Waals surface area contributed by atoms with Crippen LogP contribution in [0.4, 0.5) is 4.39 Å². The third-order valence-corrected chi connectivity index (χ3v) is 5.89. The summed E-state index contributed by atoms with van der Waals surface area (Å²) in [6.07, 6.45) is 1.64. The van der Waals surface area contributed by atoms with E-state index in [2.05, 4.69) is 58.6 Å². The summed E-state index contributed by atoms with van der Waals surface area (Å²) in [5.74, 6) is -0.227. The molecule has 0 bridgehead atoms. The highest BCUT2D eigenvalue weighted by atomic mass is 19.1. The van der Waals surface area contributed by atoms with Crippen molar-refractivity contribution in [3.05, 3.63) is 95.3 Å². The zero-order valence-corrected chi connectivity index (χ0v) is 15.7. The Bertz CT molecular complexity index is 976. The molecule has 2 aliphatic rings. The summed E-state index contributed by atoms with van der Waals surface area (Å²) in [6, 6.07) is 24.7. The van der Waals surface area contributed by atoms with Crippen LogP contribution in [0, 0.1) is 5.82 Å². The van der Waals surface area contributed by atoms with Gasteiger partial charge in [-0.15, -0.1) is 0 Å². The third-order valence-electron chi connectivity index (χ3n) is 5.89. The van der Waals surface area contributed by atoms with E-state index in [4.69, 9.17) is 0 Å². The number of nitrogens with one attached hydrogen (secondary N) is 1. The molecule has 1 N–H and O–H groups in total. The van der Waals surface area contributed by atoms with Gasteiger partial charge in [-0.2, -0.15) is 5.10 Å². The Balaban J connectivity index is 1.33. The number of nitrogens with zero attached hydrogens (tertiary/aromatic N) is 2. The van der Waals surface area contributed by atoms with Crippen LogP contribution in [0.2, 0.25) is 0 Å². The smallest absolute Gasteiger partial charge is 0.140 e. The molecule has 140 valence electrons. The van der Waals surface area contributed by atoms with Gasteiger partial charge in [-0.1, -0.05) is 66.7 Å². The third kappa shape index (κ3) is 3.00. The maximum atomic E-state index is 13.8. The van der Waals surface area contributed by atoms with Crippen LogP contribution in [0.15, 0.2) is 77.9 Å². The zero-order chi connectivity index (χ0) is 18.9. The van der Waals surface area contributed by atoms with E-state index < -0.39 is 0 Å². The van der Waals surface area contributed by atoms with Crippen molar-refractivity contribution in [2.75, 3.05) is 26.2 Å². The second-order valence-electron chi connectivity index (χ2n) is 7.49. The number of benzene rings is 3. The molecule has 5 rings (SSSR count). The van der Waals surface area contributed by atoms with E-state index in [1.165, 1.54) is 28.3 Å². The highest BCUT2D eigenvalue weighted by Crippen LogP contribution is 2.41. The first-order valence-corrected chi connectivity index (χ1v) is 9.87. The molecular weight excluding hydrogens is 349 g/mol. The van der Waals surface area contributed by atoms with Crippen molar-refractivity contribution in [2.24, 2.45) is 5.10 Å². The number of fused-ring (bicyclic) bond motifs is 3. The minimum Gasteiger partial charge on any atom is -0.322 e. The van der Waals surface area contributed by atoms with E-state index in [1.807, 2.05) is 6.07 Å². The van der Waals surface area contributed by atoms with Crippen molar-refractivity contribution in [1.82, 2.24) is 5.01 Å². The molecule has 3 aromatic rings. The molecule has 4 heteroatoms. The lowest BCUT2D eigenvalue weighted by molar-refractivity contribution is -0.929. The molecule has 3 aromatic carbocycles. The molecule has 0 radical (unpaired) electrons. The summed E-state index contributed by atoms with van der Waals surface area (Å²) < 4.78 is 13.8. The second-order valence-corrected chi connectivity index (χ2v) is 7.49. The Morgan fingerprint density at radius 2 is 1.39 bits per heavy atom. The van der Waals surface area contributed by atoms with Crippen molar-refractivity contribution < 1.29 is 9.29 Å². The molecule has 1 fully saturated rings. The van der Waals surface area contributed by atoms with E-state index in [0.717, 1.165) is 26.2 Å². The first-order valence-electron chi connectivity index (χ1n) is 9.87. The number of halogens is 1. The molecule has 1 heterocycles. The molecule has 0 spiro atoms. The Hall–Kier alpha value is -2.98. The summed E-state index contributed by atoms with van der Waals surface area (Å²) in [6.45, 7) is 3.78. The van der Waals surface area contributed by atoms with Gasteiger partial charge in [0.1, 0.15) is 11.9 Å². The lowest BCUT2D eigenvalue weighted by Crippen LogP contribution is -3.14. The number of hydrogen-bond acceptors (Lipinski definition) is 2. The van der Waals surface area contributed by atoms with Crippen molar-refractivity contribution in [3.63, 3.8) is 0 Å². The molecule has 0 atom stereocenters. The minimum absolute atomic E-state index is 0.227. The van der Waals surface area contributed by atoms with Gasteiger partial charge in [0.2, 0.25) is 0 Å². The molecule has 1 saturated heterocycles. The molecular formula is C24H23FN3+. The van der Waals surface area contributed by atoms with Crippen molar-refractivity contribution in [2.45, 2.75) is 6.04 Å². The highest BCUT2D eigenvalue weighted by Gasteiger charge is 2.37. The predicted octanol–water partition coefficient (Wildman–Crippen LogP) is 3.13. The second kappa shape index (κ2) is 7.21. The summed E-state index contributed by atoms with van der Waals surface area (Å²) in [5.41, 5.74) is 6.14. The summed E-state index contributed by atoms with van der Waals surface area (Å²) in [5, 5.41) is 6.58. The van der Waals surface area contributed by atoms with Gasteiger partial charge >= 0.3 is 0 Å². The van der Waals surface area contributed by atoms with Crippen LogP contribution in [0.25, 0.3) is 11.1 Å². The number of quaternary nitrogens is 1. The van der Waals surface area contributed by atoms with Crippen LogP contribution in [0.1, 0.15) is 22.7 Å². The monoisotopic (exact) mass is 372 g/mol. The normalized spacial score (nSPS) is 17.1. The van der Waals surface area contributed by atoms with Gasteiger partial charge in [0, 0.05) is 16.7 Å². The average molecular weight is 372 g/mol. The number of rotatable bonds is 3. The van der Waals surface area contributed by atoms with Gasteiger partial charge in [0.05, 0.1) is 32.4 Å². The number of piperazine rings is 1. The van der Waals surface area contributed by atoms with E-state index in [9.17, 15) is 4.39 Å². The topological polar surface area (TPSA) is 20.0 Å². The standard InChI is InChI=1S/C24H22FN3/c25-23-12-6-1-7-18(23)17-26-28-15-13-27(14-16-28)24-21-10-4-2-8-19(21)20-9-3-5-11-22(20)24/h1-12,17,24H,13-16H2/p+1/b26-17-. The van der Waals surface area contributed by atoms with Crippen molar-refractivity contribution in [1.29, 1.82) is 0 Å². The van der Waals surface area contributed by atoms with Crippen LogP contribution < -0.4 is 4.90 Å². The number of hydrogen-bond donors (Lipinski definition) is 1. The van der Waals surface area contributed by atoms with Gasteiger partial charge in [-0.3, -0.25) is 5.01 Å². The highest BCUT2D eigenvalue weighted by molar-refractivity contribution is 5.79. The van der Waals surface area contributed by atoms with E-state index in [0.29, 0.717) is 11.6 Å². The van der Waals surface area contributed by atoms with Crippen molar-refractivity contribution >= 4 is 6.21 Å². The quantitative estimate of drug-likeness (QED) is 0.701. The van der Waals surface area contributed by atoms with Gasteiger partial charge in [0.15, 0.2) is 0 Å². The first kappa shape index (κ1) is 17.1. The number of hydrazone groups is 1. The average Bonchev–Trinajstić information content (AvgIpc) is 3.08. The molecule has 1 aliphatic carbocycles. The molecule has 28 heavy (non-hydrogen) atoms. The zero-order valence-electron chi connectivity index (χ0n) is 15.7. The predicted molar refractivity (Wildman–Crippen MR) is 110 cm³/mol. The van der Waals surface area contributed by atoms with E-state index in [1.54, 1.807) is 23.2 Å². The summed E-state index contributed by atoms with van der Waals surface area (Å²) in [4.78, 5) is 1.58. The molecule has 0 saturated carbocycles. The molecule has 0 unspecified atom stereocenters. The van der Waals surface area contributed by atoms with E-state index in [-0.39, 0.29) is 5.82 Å². The van der Waals surface area contributed by atoms with Crippen LogP contribution >= 0.6 is 0 Å². The molecule has 1 aliphatic heterocycles. The first-order chi connectivity index (χ1) is 13.8. The Morgan fingerprint density at radius 1 is 0.821 bits per heavy atom. The molecule has 0 aromatic heterocycles. The lowest BCUT2D eigenvalue weighted by Gasteiger charge is -2.34. The Kier molecular flexibility index (Phi) is 4.41. The van der Waals surface area contributed by atoms with Gasteiger partial charge in [-0.05, 0) is 17.2 Å². The molecule has 0 amide bonds. The van der Waals surface area contributed by atoms with Gasteiger partial charge < -0.3 is 4.90 Å². The van der Waals surface area contributed by atoms with Crippen LogP contribution in [-0.2, 0) is 0 Å². The van der Waals surface area contributed by atoms with Crippen LogP contribution in [0.5, 0.6) is 0 Å². The van der Waals surface area contributed by atoms with Gasteiger partial charge in [0.25, 0.3) is 0 Å². The lowest BCUT2D eigenvalue weighted by atomic mass is 10.0. The summed E-state index contributed by atoms with van der Waals surface area (Å²) >= 11 is 0. The maximum absolute atomic E-state index is 13.8. The maximum Gasteiger partial charge on any atom is 0.140 e. The Labute approximate surface area is 164 Å².